The van der Waals surface area contributed by atoms with Crippen molar-refractivity contribution in [3.05, 3.63) is 58.8 Å². The molecule has 0 atom stereocenters. The van der Waals surface area contributed by atoms with Crippen LogP contribution in [0.3, 0.4) is 0 Å². The third-order valence-electron chi connectivity index (χ3n) is 5.62. The Kier molecular flexibility index (Phi) is 6.16. The van der Waals surface area contributed by atoms with Crippen LogP contribution in [0.5, 0.6) is 0 Å². The highest BCUT2D eigenvalue weighted by Gasteiger charge is 2.18. The molecule has 1 aromatic carbocycles. The Labute approximate surface area is 180 Å². The van der Waals surface area contributed by atoms with Crippen molar-refractivity contribution in [3.8, 4) is 0 Å². The van der Waals surface area contributed by atoms with Gasteiger partial charge in [0, 0.05) is 30.5 Å². The molecule has 31 heavy (non-hydrogen) atoms. The van der Waals surface area contributed by atoms with E-state index in [4.69, 9.17) is 0 Å². The minimum Gasteiger partial charge on any atom is -0.349 e. The summed E-state index contributed by atoms with van der Waals surface area (Å²) in [5.74, 6) is -0.558. The maximum atomic E-state index is 12.5. The highest BCUT2D eigenvalue weighted by atomic mass is 16.2. The molecule has 1 fully saturated rings. The van der Waals surface area contributed by atoms with Gasteiger partial charge in [-0.1, -0.05) is 19.8 Å². The second-order valence-corrected chi connectivity index (χ2v) is 8.03. The van der Waals surface area contributed by atoms with Crippen molar-refractivity contribution in [2.75, 3.05) is 5.32 Å². The second kappa shape index (κ2) is 9.16. The van der Waals surface area contributed by atoms with Crippen LogP contribution in [0.15, 0.2) is 47.7 Å². The van der Waals surface area contributed by atoms with Gasteiger partial charge in [-0.3, -0.25) is 14.4 Å². The number of rotatable bonds is 7. The maximum absolute atomic E-state index is 12.5. The molecule has 0 saturated heterocycles. The van der Waals surface area contributed by atoms with E-state index in [1.807, 2.05) is 18.2 Å². The number of anilines is 1. The van der Waals surface area contributed by atoms with Gasteiger partial charge in [-0.15, -0.1) is 0 Å². The first-order valence-corrected chi connectivity index (χ1v) is 10.8. The molecule has 162 valence electrons. The lowest BCUT2D eigenvalue weighted by Crippen LogP contribution is -2.34. The fraction of sp³-hybridized carbons (Fsp3) is 0.391. The molecule has 0 radical (unpaired) electrons. The second-order valence-electron chi connectivity index (χ2n) is 8.03. The predicted octanol–water partition coefficient (Wildman–Crippen LogP) is 2.92. The van der Waals surface area contributed by atoms with Crippen molar-refractivity contribution < 1.29 is 9.59 Å². The Morgan fingerprint density at radius 1 is 1.13 bits per heavy atom. The standard InChI is InChI=1S/C23H27N5O3/c1-2-11-27-15-24-19-12-18(8-9-20(19)27)25-21(29)14-28-13-16(7-10-22(28)30)23(31)26-17-5-3-4-6-17/h7-10,12-13,15,17H,2-6,11,14H2,1H3,(H,25,29)(H,26,31). The van der Waals surface area contributed by atoms with Crippen LogP contribution in [0.2, 0.25) is 0 Å². The Balaban J connectivity index is 1.43. The van der Waals surface area contributed by atoms with Gasteiger partial charge in [-0.05, 0) is 43.5 Å². The fourth-order valence-electron chi connectivity index (χ4n) is 4.04. The smallest absolute Gasteiger partial charge is 0.252 e. The molecular weight excluding hydrogens is 394 g/mol. The summed E-state index contributed by atoms with van der Waals surface area (Å²) in [5.41, 5.74) is 2.47. The van der Waals surface area contributed by atoms with Crippen molar-refractivity contribution >= 4 is 28.5 Å². The number of nitrogens with one attached hydrogen (secondary N) is 2. The quantitative estimate of drug-likeness (QED) is 0.613. The number of imidazole rings is 1. The molecule has 8 heteroatoms. The number of aromatic nitrogens is 3. The summed E-state index contributed by atoms with van der Waals surface area (Å²) in [6.45, 7) is 2.82. The number of benzene rings is 1. The molecule has 2 aromatic heterocycles. The molecule has 1 aliphatic rings. The Morgan fingerprint density at radius 3 is 2.71 bits per heavy atom. The first-order chi connectivity index (χ1) is 15.0. The van der Waals surface area contributed by atoms with Crippen LogP contribution in [0.25, 0.3) is 11.0 Å². The van der Waals surface area contributed by atoms with Crippen molar-refractivity contribution in [1.82, 2.24) is 19.4 Å². The fourth-order valence-corrected chi connectivity index (χ4v) is 4.04. The number of pyridine rings is 1. The van der Waals surface area contributed by atoms with Gasteiger partial charge in [0.15, 0.2) is 0 Å². The van der Waals surface area contributed by atoms with Crippen molar-refractivity contribution in [1.29, 1.82) is 0 Å². The molecule has 0 unspecified atom stereocenters. The predicted molar refractivity (Wildman–Crippen MR) is 119 cm³/mol. The van der Waals surface area contributed by atoms with E-state index in [-0.39, 0.29) is 30.0 Å². The zero-order valence-electron chi connectivity index (χ0n) is 17.6. The van der Waals surface area contributed by atoms with Gasteiger partial charge in [-0.2, -0.15) is 0 Å². The molecule has 0 spiro atoms. The van der Waals surface area contributed by atoms with Gasteiger partial charge in [-0.25, -0.2) is 4.98 Å². The largest absolute Gasteiger partial charge is 0.349 e. The SMILES string of the molecule is CCCn1cnc2cc(NC(=O)Cn3cc(C(=O)NC4CCCC4)ccc3=O)ccc21. The monoisotopic (exact) mass is 421 g/mol. The summed E-state index contributed by atoms with van der Waals surface area (Å²) in [4.78, 5) is 41.6. The molecule has 2 N–H and O–H groups in total. The zero-order chi connectivity index (χ0) is 21.8. The van der Waals surface area contributed by atoms with E-state index < -0.39 is 0 Å². The number of carbonyl (C=O) groups excluding carboxylic acids is 2. The summed E-state index contributed by atoms with van der Waals surface area (Å²) < 4.78 is 3.33. The minimum atomic E-state index is -0.345. The number of hydrogen-bond acceptors (Lipinski definition) is 4. The van der Waals surface area contributed by atoms with Gasteiger partial charge in [0.2, 0.25) is 5.91 Å². The van der Waals surface area contributed by atoms with E-state index in [2.05, 4.69) is 27.1 Å². The van der Waals surface area contributed by atoms with E-state index in [1.54, 1.807) is 6.33 Å². The topological polar surface area (TPSA) is 98.0 Å². The summed E-state index contributed by atoms with van der Waals surface area (Å²) in [6.07, 6.45) is 8.45. The molecule has 1 aliphatic carbocycles. The molecule has 0 aliphatic heterocycles. The van der Waals surface area contributed by atoms with Crippen LogP contribution in [0.4, 0.5) is 5.69 Å². The first-order valence-electron chi connectivity index (χ1n) is 10.8. The number of nitrogens with zero attached hydrogens (tertiary/aromatic N) is 3. The number of amides is 2. The summed E-state index contributed by atoms with van der Waals surface area (Å²) in [7, 11) is 0. The third-order valence-corrected chi connectivity index (χ3v) is 5.62. The third kappa shape index (κ3) is 4.84. The normalized spacial score (nSPS) is 14.1. The lowest BCUT2D eigenvalue weighted by atomic mass is 10.2. The number of carbonyl (C=O) groups is 2. The van der Waals surface area contributed by atoms with Gasteiger partial charge in [0.05, 0.1) is 22.9 Å². The molecule has 4 rings (SSSR count). The number of aryl methyl sites for hydroxylation is 1. The molecule has 2 amide bonds. The number of fused-ring (bicyclic) bond motifs is 1. The van der Waals surface area contributed by atoms with E-state index in [9.17, 15) is 14.4 Å². The van der Waals surface area contributed by atoms with Crippen molar-refractivity contribution in [3.63, 3.8) is 0 Å². The van der Waals surface area contributed by atoms with Crippen LogP contribution in [-0.4, -0.2) is 32.0 Å². The summed E-state index contributed by atoms with van der Waals surface area (Å²) in [6, 6.07) is 8.57. The summed E-state index contributed by atoms with van der Waals surface area (Å²) >= 11 is 0. The lowest BCUT2D eigenvalue weighted by Gasteiger charge is -2.13. The van der Waals surface area contributed by atoms with Gasteiger partial charge in [0.1, 0.15) is 6.54 Å². The lowest BCUT2D eigenvalue weighted by molar-refractivity contribution is -0.116. The Bertz CT molecular complexity index is 1160. The number of hydrogen-bond donors (Lipinski definition) is 2. The average Bonchev–Trinajstić information content (AvgIpc) is 3.40. The molecule has 0 bridgehead atoms. The maximum Gasteiger partial charge on any atom is 0.252 e. The summed E-state index contributed by atoms with van der Waals surface area (Å²) in [5, 5.41) is 5.81. The highest BCUT2D eigenvalue weighted by Crippen LogP contribution is 2.19. The first kappa shape index (κ1) is 20.8. The van der Waals surface area contributed by atoms with E-state index in [0.29, 0.717) is 11.3 Å². The highest BCUT2D eigenvalue weighted by molar-refractivity contribution is 5.95. The Hall–Kier alpha value is -3.42. The van der Waals surface area contributed by atoms with Gasteiger partial charge >= 0.3 is 0 Å². The van der Waals surface area contributed by atoms with Crippen LogP contribution < -0.4 is 16.2 Å². The van der Waals surface area contributed by atoms with Crippen LogP contribution in [-0.2, 0) is 17.9 Å². The molecule has 1 saturated carbocycles. The molecule has 3 aromatic rings. The van der Waals surface area contributed by atoms with Gasteiger partial charge < -0.3 is 19.8 Å². The molecular formula is C23H27N5O3. The van der Waals surface area contributed by atoms with Crippen molar-refractivity contribution in [2.45, 2.75) is 58.2 Å². The minimum absolute atomic E-state index is 0.175. The van der Waals surface area contributed by atoms with Crippen LogP contribution in [0, 0.1) is 0 Å². The Morgan fingerprint density at radius 2 is 1.94 bits per heavy atom. The van der Waals surface area contributed by atoms with Crippen molar-refractivity contribution in [2.24, 2.45) is 0 Å². The van der Waals surface area contributed by atoms with E-state index in [1.165, 1.54) is 22.9 Å². The van der Waals surface area contributed by atoms with Gasteiger partial charge in [0.25, 0.3) is 11.5 Å². The molecule has 2 heterocycles. The molecule has 8 nitrogen and oxygen atoms in total. The zero-order valence-corrected chi connectivity index (χ0v) is 17.6. The van der Waals surface area contributed by atoms with E-state index >= 15 is 0 Å². The van der Waals surface area contributed by atoms with E-state index in [0.717, 1.165) is 49.7 Å². The average molecular weight is 422 g/mol. The van der Waals surface area contributed by atoms with Crippen LogP contribution >= 0.6 is 0 Å². The van der Waals surface area contributed by atoms with Crippen LogP contribution in [0.1, 0.15) is 49.4 Å².